The van der Waals surface area contributed by atoms with Crippen molar-refractivity contribution in [3.63, 3.8) is 0 Å². The summed E-state index contributed by atoms with van der Waals surface area (Å²) in [5.41, 5.74) is 8.91. The van der Waals surface area contributed by atoms with E-state index in [0.29, 0.717) is 34.5 Å². The molecule has 0 bridgehead atoms. The third kappa shape index (κ3) is 5.83. The van der Waals surface area contributed by atoms with Crippen molar-refractivity contribution in [1.82, 2.24) is 9.78 Å². The van der Waals surface area contributed by atoms with Crippen molar-refractivity contribution in [2.75, 3.05) is 11.1 Å². The number of hydrogen-bond acceptors (Lipinski definition) is 5. The number of rotatable bonds is 8. The molecule has 0 saturated heterocycles. The van der Waals surface area contributed by atoms with Gasteiger partial charge in [-0.1, -0.05) is 111 Å². The van der Waals surface area contributed by atoms with Gasteiger partial charge in [0.25, 0.3) is 13.9 Å². The molecule has 0 unspecified atom stereocenters. The maximum atomic E-state index is 12.5. The van der Waals surface area contributed by atoms with Gasteiger partial charge in [0.05, 0.1) is 28.7 Å². The molecule has 0 aliphatic carbocycles. The summed E-state index contributed by atoms with van der Waals surface area (Å²) < 4.78 is 8.33. The second-order valence-electron chi connectivity index (χ2n) is 10.9. The number of anilines is 3. The van der Waals surface area contributed by atoms with Crippen molar-refractivity contribution in [2.45, 2.75) is 32.4 Å². The smallest absolute Gasteiger partial charge is 0.271 e. The average Bonchev–Trinajstić information content (AvgIpc) is 2.96. The van der Waals surface area contributed by atoms with Gasteiger partial charge in [-0.25, -0.2) is 0 Å². The largest absolute Gasteiger partial charge is 0.403 e. The molecule has 1 aromatic heterocycles. The Labute approximate surface area is 246 Å². The van der Waals surface area contributed by atoms with E-state index in [1.165, 1.54) is 21.1 Å². The highest BCUT2D eigenvalue weighted by atomic mass is 35.5. The van der Waals surface area contributed by atoms with Crippen molar-refractivity contribution in [1.29, 1.82) is 0 Å². The van der Waals surface area contributed by atoms with E-state index >= 15 is 0 Å². The third-order valence-corrected chi connectivity index (χ3v) is 12.4. The van der Waals surface area contributed by atoms with E-state index in [-0.39, 0.29) is 10.6 Å². The molecule has 0 saturated carbocycles. The summed E-state index contributed by atoms with van der Waals surface area (Å²) in [6, 6.07) is 37.1. The molecule has 0 radical (unpaired) electrons. The fraction of sp³-hybridized carbons (Fsp3) is 0.152. The third-order valence-electron chi connectivity index (χ3n) is 7.13. The highest BCUT2D eigenvalue weighted by Gasteiger charge is 2.50. The van der Waals surface area contributed by atoms with E-state index in [4.69, 9.17) is 21.8 Å². The van der Waals surface area contributed by atoms with Crippen molar-refractivity contribution in [2.24, 2.45) is 0 Å². The molecule has 208 valence electrons. The zero-order valence-electron chi connectivity index (χ0n) is 23.3. The first kappa shape index (κ1) is 28.4. The Hall–Kier alpha value is -4.17. The van der Waals surface area contributed by atoms with Crippen LogP contribution in [0.4, 0.5) is 17.2 Å². The second-order valence-corrected chi connectivity index (χ2v) is 15.6. The molecule has 0 spiro atoms. The van der Waals surface area contributed by atoms with Gasteiger partial charge in [0.15, 0.2) is 5.82 Å². The average molecular weight is 581 g/mol. The summed E-state index contributed by atoms with van der Waals surface area (Å²) in [4.78, 5) is 12.5. The number of nitrogen functional groups attached to an aromatic ring is 1. The number of benzene rings is 4. The number of nitrogens with zero attached hydrogens (tertiary/aromatic N) is 2. The predicted octanol–water partition coefficient (Wildman–Crippen LogP) is 6.29. The zero-order valence-corrected chi connectivity index (χ0v) is 25.1. The lowest BCUT2D eigenvalue weighted by atomic mass is 10.2. The fourth-order valence-corrected chi connectivity index (χ4v) is 9.94. The molecule has 0 amide bonds. The summed E-state index contributed by atoms with van der Waals surface area (Å²) >= 11 is 6.30. The van der Waals surface area contributed by atoms with Gasteiger partial charge >= 0.3 is 0 Å². The van der Waals surface area contributed by atoms with Gasteiger partial charge < -0.3 is 15.5 Å². The minimum atomic E-state index is -2.68. The Bertz CT molecular complexity index is 1660. The minimum Gasteiger partial charge on any atom is -0.403 e. The van der Waals surface area contributed by atoms with Crippen LogP contribution in [0.25, 0.3) is 5.69 Å². The summed E-state index contributed by atoms with van der Waals surface area (Å²) in [5.74, 6) is 0.465. The number of hydrogen-bond donors (Lipinski definition) is 2. The highest BCUT2D eigenvalue weighted by molar-refractivity contribution is 6.99. The maximum absolute atomic E-state index is 12.5. The molecule has 1 heterocycles. The van der Waals surface area contributed by atoms with Crippen LogP contribution in [-0.4, -0.2) is 18.1 Å². The van der Waals surface area contributed by atoms with Gasteiger partial charge in [-0.2, -0.15) is 4.68 Å². The monoisotopic (exact) mass is 580 g/mol. The van der Waals surface area contributed by atoms with Gasteiger partial charge in [0, 0.05) is 6.07 Å². The summed E-state index contributed by atoms with van der Waals surface area (Å²) in [7, 11) is -2.68. The van der Waals surface area contributed by atoms with Crippen LogP contribution in [0, 0.1) is 0 Å². The molecular weight excluding hydrogens is 548 g/mol. The van der Waals surface area contributed by atoms with Gasteiger partial charge in [0.2, 0.25) is 0 Å². The van der Waals surface area contributed by atoms with E-state index in [0.717, 1.165) is 5.56 Å². The van der Waals surface area contributed by atoms with Crippen LogP contribution in [0.1, 0.15) is 26.3 Å². The normalized spacial score (nSPS) is 11.8. The highest BCUT2D eigenvalue weighted by Crippen LogP contribution is 2.37. The minimum absolute atomic E-state index is 0.126. The topological polar surface area (TPSA) is 82.2 Å². The van der Waals surface area contributed by atoms with Crippen LogP contribution >= 0.6 is 11.6 Å². The van der Waals surface area contributed by atoms with E-state index < -0.39 is 8.32 Å². The molecule has 5 aromatic rings. The van der Waals surface area contributed by atoms with Crippen LogP contribution in [0.3, 0.4) is 0 Å². The second kappa shape index (κ2) is 11.7. The number of para-hydroxylation sites is 1. The Morgan fingerprint density at radius 2 is 1.46 bits per heavy atom. The van der Waals surface area contributed by atoms with E-state index in [2.05, 4.69) is 79.7 Å². The lowest BCUT2D eigenvalue weighted by molar-refractivity contribution is 0.286. The number of halogens is 1. The van der Waals surface area contributed by atoms with E-state index in [1.54, 1.807) is 30.3 Å². The van der Waals surface area contributed by atoms with Crippen LogP contribution in [0.15, 0.2) is 120 Å². The molecule has 3 N–H and O–H groups in total. The first-order valence-corrected chi connectivity index (χ1v) is 15.7. The summed E-state index contributed by atoms with van der Waals surface area (Å²) in [6.07, 6.45) is 0. The Kier molecular flexibility index (Phi) is 8.12. The van der Waals surface area contributed by atoms with Crippen LogP contribution in [0.5, 0.6) is 0 Å². The standard InChI is InChI=1S/C33H33ClN4O2Si/c1-33(2,3)41(25-12-6-4-7-13-25,26-14-8-5-9-15-26)40-23-24-18-19-29(28(35)22-24)36-31-20-21-32(39)38(37-31)30-17-11-10-16-27(30)34/h4-22H,23,35H2,1-3H3,(H,36,37). The van der Waals surface area contributed by atoms with Crippen LogP contribution < -0.4 is 27.0 Å². The lowest BCUT2D eigenvalue weighted by Crippen LogP contribution is -2.66. The zero-order chi connectivity index (χ0) is 29.0. The molecular formula is C33H33ClN4O2Si. The van der Waals surface area contributed by atoms with E-state index in [1.807, 2.05) is 30.3 Å². The summed E-state index contributed by atoms with van der Waals surface area (Å²) in [5, 5.41) is 10.5. The van der Waals surface area contributed by atoms with Crippen LogP contribution in [-0.2, 0) is 11.0 Å². The van der Waals surface area contributed by atoms with Crippen molar-refractivity contribution < 1.29 is 4.43 Å². The SMILES string of the molecule is CC(C)(C)[Si](OCc1ccc(Nc2ccc(=O)n(-c3ccccc3Cl)n2)c(N)c1)(c1ccccc1)c1ccccc1. The van der Waals surface area contributed by atoms with Gasteiger partial charge in [0.1, 0.15) is 0 Å². The molecule has 0 atom stereocenters. The Balaban J connectivity index is 1.42. The number of nitrogens with one attached hydrogen (secondary N) is 1. The first-order valence-electron chi connectivity index (χ1n) is 13.4. The predicted molar refractivity (Wildman–Crippen MR) is 171 cm³/mol. The Morgan fingerprint density at radius 1 is 0.854 bits per heavy atom. The fourth-order valence-electron chi connectivity index (χ4n) is 5.18. The Morgan fingerprint density at radius 3 is 2.05 bits per heavy atom. The first-order chi connectivity index (χ1) is 19.7. The number of nitrogens with two attached hydrogens (primary N) is 1. The number of aromatic nitrogens is 2. The quantitative estimate of drug-likeness (QED) is 0.166. The van der Waals surface area contributed by atoms with Gasteiger partial charge in [-0.15, -0.1) is 5.10 Å². The lowest BCUT2D eigenvalue weighted by Gasteiger charge is -2.43. The molecule has 0 aliphatic heterocycles. The molecule has 8 heteroatoms. The van der Waals surface area contributed by atoms with E-state index in [9.17, 15) is 4.79 Å². The molecule has 6 nitrogen and oxygen atoms in total. The van der Waals surface area contributed by atoms with Crippen molar-refractivity contribution in [3.05, 3.63) is 136 Å². The molecule has 41 heavy (non-hydrogen) atoms. The van der Waals surface area contributed by atoms with Gasteiger partial charge in [-0.3, -0.25) is 4.79 Å². The maximum Gasteiger partial charge on any atom is 0.271 e. The molecule has 0 fully saturated rings. The van der Waals surface area contributed by atoms with Crippen molar-refractivity contribution in [3.8, 4) is 5.69 Å². The molecule has 4 aromatic carbocycles. The van der Waals surface area contributed by atoms with Crippen LogP contribution in [0.2, 0.25) is 10.1 Å². The van der Waals surface area contributed by atoms with Gasteiger partial charge in [-0.05, 0) is 51.3 Å². The molecule has 0 aliphatic rings. The van der Waals surface area contributed by atoms with Crippen molar-refractivity contribution >= 4 is 47.5 Å². The molecule has 5 rings (SSSR count). The summed E-state index contributed by atoms with van der Waals surface area (Å²) in [6.45, 7) is 7.19.